The maximum atomic E-state index is 13.2. The first kappa shape index (κ1) is 31.9. The topological polar surface area (TPSA) is 103 Å². The Kier molecular flexibility index (Phi) is 13.4. The zero-order valence-electron chi connectivity index (χ0n) is 24.6. The second-order valence-electron chi connectivity index (χ2n) is 9.78. The SMILES string of the molecule is CCCCCCCCC(=O)N(CCC(=O)Nc1nnc(-c2cccc(OC)c2)s1)CCc1ccc(OC)c(OC)c1. The molecule has 3 rings (SSSR count). The summed E-state index contributed by atoms with van der Waals surface area (Å²) in [6, 6.07) is 13.3. The Labute approximate surface area is 247 Å². The van der Waals surface area contributed by atoms with E-state index in [9.17, 15) is 9.59 Å². The van der Waals surface area contributed by atoms with E-state index in [0.29, 0.717) is 47.6 Å². The van der Waals surface area contributed by atoms with Crippen LogP contribution in [0.2, 0.25) is 0 Å². The van der Waals surface area contributed by atoms with Crippen molar-refractivity contribution >= 4 is 28.3 Å². The lowest BCUT2D eigenvalue weighted by Crippen LogP contribution is -2.35. The molecule has 2 amide bonds. The summed E-state index contributed by atoms with van der Waals surface area (Å²) in [4.78, 5) is 27.8. The first-order valence-corrected chi connectivity index (χ1v) is 15.1. The van der Waals surface area contributed by atoms with Crippen molar-refractivity contribution < 1.29 is 23.8 Å². The summed E-state index contributed by atoms with van der Waals surface area (Å²) in [5.74, 6) is 1.91. The molecule has 0 saturated carbocycles. The molecule has 1 heterocycles. The van der Waals surface area contributed by atoms with Gasteiger partial charge in [0.1, 0.15) is 10.8 Å². The number of rotatable bonds is 18. The number of benzene rings is 2. The number of hydrogen-bond donors (Lipinski definition) is 1. The summed E-state index contributed by atoms with van der Waals surface area (Å²) < 4.78 is 16.0. The molecular formula is C31H42N4O5S. The minimum atomic E-state index is -0.207. The second kappa shape index (κ2) is 17.2. The van der Waals surface area contributed by atoms with Gasteiger partial charge in [-0.05, 0) is 42.7 Å². The minimum Gasteiger partial charge on any atom is -0.497 e. The van der Waals surface area contributed by atoms with E-state index in [1.165, 1.54) is 30.6 Å². The summed E-state index contributed by atoms with van der Waals surface area (Å²) in [7, 11) is 4.82. The average Bonchev–Trinajstić information content (AvgIpc) is 3.47. The van der Waals surface area contributed by atoms with Crippen molar-refractivity contribution in [2.45, 2.75) is 64.7 Å². The number of carbonyl (C=O) groups is 2. The Morgan fingerprint density at radius 3 is 2.39 bits per heavy atom. The van der Waals surface area contributed by atoms with Crippen molar-refractivity contribution in [1.82, 2.24) is 15.1 Å². The van der Waals surface area contributed by atoms with E-state index in [2.05, 4.69) is 22.4 Å². The van der Waals surface area contributed by atoms with Crippen molar-refractivity contribution in [3.8, 4) is 27.8 Å². The molecule has 0 bridgehead atoms. The lowest BCUT2D eigenvalue weighted by atomic mass is 10.1. The standard InChI is InChI=1S/C31H42N4O5S/c1-5-6-7-8-9-10-14-29(37)35(19-17-23-15-16-26(39-3)27(21-23)40-4)20-18-28(36)32-31-34-33-30(41-31)24-12-11-13-25(22-24)38-2/h11-13,15-16,21-22H,5-10,14,17-20H2,1-4H3,(H,32,34,36). The highest BCUT2D eigenvalue weighted by molar-refractivity contribution is 7.18. The van der Waals surface area contributed by atoms with Gasteiger partial charge in [0.05, 0.1) is 21.3 Å². The van der Waals surface area contributed by atoms with Crippen molar-refractivity contribution in [3.63, 3.8) is 0 Å². The van der Waals surface area contributed by atoms with E-state index in [-0.39, 0.29) is 18.2 Å². The molecule has 0 fully saturated rings. The van der Waals surface area contributed by atoms with Crippen LogP contribution < -0.4 is 19.5 Å². The molecule has 0 aliphatic carbocycles. The summed E-state index contributed by atoms with van der Waals surface area (Å²) in [6.45, 7) is 3.03. The first-order chi connectivity index (χ1) is 20.0. The van der Waals surface area contributed by atoms with Crippen LogP contribution in [-0.4, -0.2) is 61.3 Å². The molecule has 3 aromatic rings. The third kappa shape index (κ3) is 10.4. The van der Waals surface area contributed by atoms with Gasteiger partial charge in [0.15, 0.2) is 11.5 Å². The third-order valence-electron chi connectivity index (χ3n) is 6.81. The first-order valence-electron chi connectivity index (χ1n) is 14.2. The number of carbonyl (C=O) groups excluding carboxylic acids is 2. The number of hydrogen-bond acceptors (Lipinski definition) is 8. The molecule has 1 N–H and O–H groups in total. The Morgan fingerprint density at radius 1 is 0.854 bits per heavy atom. The van der Waals surface area contributed by atoms with Gasteiger partial charge >= 0.3 is 0 Å². The van der Waals surface area contributed by atoms with Crippen LogP contribution in [-0.2, 0) is 16.0 Å². The van der Waals surface area contributed by atoms with Crippen molar-refractivity contribution in [1.29, 1.82) is 0 Å². The lowest BCUT2D eigenvalue weighted by Gasteiger charge is -2.23. The molecule has 0 aliphatic rings. The van der Waals surface area contributed by atoms with Crippen molar-refractivity contribution in [3.05, 3.63) is 48.0 Å². The summed E-state index contributed by atoms with van der Waals surface area (Å²) in [6.07, 6.45) is 7.99. The largest absolute Gasteiger partial charge is 0.497 e. The van der Waals surface area contributed by atoms with Gasteiger partial charge in [0.25, 0.3) is 0 Å². The number of nitrogens with one attached hydrogen (secondary N) is 1. The van der Waals surface area contributed by atoms with E-state index < -0.39 is 0 Å². The zero-order chi connectivity index (χ0) is 29.5. The molecule has 222 valence electrons. The molecule has 0 unspecified atom stereocenters. The molecule has 0 spiro atoms. The molecular weight excluding hydrogens is 540 g/mol. The van der Waals surface area contributed by atoms with E-state index in [1.807, 2.05) is 42.5 Å². The van der Waals surface area contributed by atoms with Crippen LogP contribution in [0.4, 0.5) is 5.13 Å². The highest BCUT2D eigenvalue weighted by Gasteiger charge is 2.17. The van der Waals surface area contributed by atoms with Crippen LogP contribution in [0, 0.1) is 0 Å². The van der Waals surface area contributed by atoms with E-state index >= 15 is 0 Å². The predicted octanol–water partition coefficient (Wildman–Crippen LogP) is 6.38. The van der Waals surface area contributed by atoms with Gasteiger partial charge in [0.2, 0.25) is 16.9 Å². The van der Waals surface area contributed by atoms with Gasteiger partial charge in [-0.15, -0.1) is 10.2 Å². The van der Waals surface area contributed by atoms with E-state index in [1.54, 1.807) is 26.2 Å². The zero-order valence-corrected chi connectivity index (χ0v) is 25.4. The number of ether oxygens (including phenoxy) is 3. The number of unbranched alkanes of at least 4 members (excludes halogenated alkanes) is 5. The lowest BCUT2D eigenvalue weighted by molar-refractivity contribution is -0.131. The van der Waals surface area contributed by atoms with Gasteiger partial charge in [-0.3, -0.25) is 9.59 Å². The monoisotopic (exact) mass is 582 g/mol. The predicted molar refractivity (Wildman–Crippen MR) is 163 cm³/mol. The molecule has 2 aromatic carbocycles. The molecule has 9 nitrogen and oxygen atoms in total. The fourth-order valence-corrected chi connectivity index (χ4v) is 5.20. The highest BCUT2D eigenvalue weighted by Crippen LogP contribution is 2.29. The maximum absolute atomic E-state index is 13.2. The van der Waals surface area contributed by atoms with E-state index in [0.717, 1.165) is 36.1 Å². The summed E-state index contributed by atoms with van der Waals surface area (Å²) >= 11 is 1.29. The Morgan fingerprint density at radius 2 is 1.63 bits per heavy atom. The normalized spacial score (nSPS) is 10.7. The highest BCUT2D eigenvalue weighted by atomic mass is 32.1. The molecule has 0 aliphatic heterocycles. The molecule has 1 aromatic heterocycles. The van der Waals surface area contributed by atoms with Crippen LogP contribution in [0.3, 0.4) is 0 Å². The van der Waals surface area contributed by atoms with Crippen molar-refractivity contribution in [2.75, 3.05) is 39.7 Å². The molecule has 10 heteroatoms. The van der Waals surface area contributed by atoms with Crippen LogP contribution in [0.1, 0.15) is 63.9 Å². The van der Waals surface area contributed by atoms with Crippen LogP contribution in [0.15, 0.2) is 42.5 Å². The van der Waals surface area contributed by atoms with E-state index in [4.69, 9.17) is 14.2 Å². The number of nitrogens with zero attached hydrogens (tertiary/aromatic N) is 3. The fourth-order valence-electron chi connectivity index (χ4n) is 4.44. The Hall–Kier alpha value is -3.66. The van der Waals surface area contributed by atoms with Gasteiger partial charge in [0, 0.05) is 31.5 Å². The molecule has 0 saturated heterocycles. The van der Waals surface area contributed by atoms with Crippen LogP contribution in [0.5, 0.6) is 17.2 Å². The second-order valence-corrected chi connectivity index (χ2v) is 10.8. The van der Waals surface area contributed by atoms with Crippen molar-refractivity contribution in [2.24, 2.45) is 0 Å². The smallest absolute Gasteiger partial charge is 0.227 e. The summed E-state index contributed by atoms with van der Waals surface area (Å²) in [5.41, 5.74) is 1.90. The molecule has 0 atom stereocenters. The molecule has 0 radical (unpaired) electrons. The van der Waals surface area contributed by atoms with Gasteiger partial charge in [-0.1, -0.05) is 68.6 Å². The summed E-state index contributed by atoms with van der Waals surface area (Å²) in [5, 5.41) is 12.3. The quantitative estimate of drug-likeness (QED) is 0.174. The number of amides is 2. The van der Waals surface area contributed by atoms with Crippen LogP contribution in [0.25, 0.3) is 10.6 Å². The Balaban J connectivity index is 1.58. The minimum absolute atomic E-state index is 0.0741. The molecule has 41 heavy (non-hydrogen) atoms. The van der Waals surface area contributed by atoms with Crippen LogP contribution >= 0.6 is 11.3 Å². The van der Waals surface area contributed by atoms with Gasteiger partial charge in [-0.25, -0.2) is 0 Å². The maximum Gasteiger partial charge on any atom is 0.227 e. The average molecular weight is 583 g/mol. The number of methoxy groups -OCH3 is 3. The number of anilines is 1. The fraction of sp³-hybridized carbons (Fsp3) is 0.484. The van der Waals surface area contributed by atoms with Gasteiger partial charge in [-0.2, -0.15) is 0 Å². The van der Waals surface area contributed by atoms with Gasteiger partial charge < -0.3 is 24.4 Å². The third-order valence-corrected chi connectivity index (χ3v) is 7.70. The Bertz CT molecular complexity index is 1250. The number of aromatic nitrogens is 2.